The van der Waals surface area contributed by atoms with Crippen LogP contribution in [0.4, 0.5) is 0 Å². The number of sulfonamides is 1. The predicted molar refractivity (Wildman–Crippen MR) is 88.9 cm³/mol. The molecular formula is C17H29NO2S. The van der Waals surface area contributed by atoms with Gasteiger partial charge in [-0.25, -0.2) is 13.1 Å². The zero-order valence-electron chi connectivity index (χ0n) is 14.2. The summed E-state index contributed by atoms with van der Waals surface area (Å²) in [6, 6.07) is 7.19. The third-order valence-corrected chi connectivity index (χ3v) is 4.87. The average Bonchev–Trinajstić information content (AvgIpc) is 2.25. The lowest BCUT2D eigenvalue weighted by molar-refractivity contribution is 0.269. The Balaban J connectivity index is 2.90. The highest BCUT2D eigenvalue weighted by Gasteiger charge is 2.30. The van der Waals surface area contributed by atoms with Crippen LogP contribution in [-0.4, -0.2) is 14.0 Å². The molecule has 21 heavy (non-hydrogen) atoms. The SMILES string of the molecule is CCCc1ccc(S(=O)(=O)NC(C)(C)CC(C)(C)C)cc1. The molecule has 0 radical (unpaired) electrons. The van der Waals surface area contributed by atoms with Crippen molar-refractivity contribution in [2.75, 3.05) is 0 Å². The molecule has 1 aromatic rings. The first-order valence-corrected chi connectivity index (χ1v) is 9.06. The van der Waals surface area contributed by atoms with Gasteiger partial charge >= 0.3 is 0 Å². The number of benzene rings is 1. The molecule has 0 aromatic heterocycles. The molecule has 0 aliphatic carbocycles. The van der Waals surface area contributed by atoms with Crippen molar-refractivity contribution in [2.45, 2.75) is 71.2 Å². The van der Waals surface area contributed by atoms with Crippen molar-refractivity contribution in [1.29, 1.82) is 0 Å². The molecule has 0 unspecified atom stereocenters. The van der Waals surface area contributed by atoms with Gasteiger partial charge in [-0.1, -0.05) is 46.2 Å². The van der Waals surface area contributed by atoms with E-state index in [1.165, 1.54) is 5.56 Å². The summed E-state index contributed by atoms with van der Waals surface area (Å²) in [5.74, 6) is 0. The van der Waals surface area contributed by atoms with Crippen LogP contribution in [0.1, 0.15) is 59.9 Å². The summed E-state index contributed by atoms with van der Waals surface area (Å²) < 4.78 is 27.8. The molecule has 1 N–H and O–H groups in total. The summed E-state index contributed by atoms with van der Waals surface area (Å²) in [7, 11) is -3.47. The van der Waals surface area contributed by atoms with Gasteiger partial charge in [-0.15, -0.1) is 0 Å². The van der Waals surface area contributed by atoms with Gasteiger partial charge in [0.25, 0.3) is 0 Å². The first-order valence-electron chi connectivity index (χ1n) is 7.58. The second kappa shape index (κ2) is 6.49. The molecule has 0 amide bonds. The van der Waals surface area contributed by atoms with Crippen molar-refractivity contribution in [1.82, 2.24) is 4.72 Å². The minimum atomic E-state index is -3.47. The fourth-order valence-corrected chi connectivity index (χ4v) is 4.32. The maximum atomic E-state index is 12.5. The van der Waals surface area contributed by atoms with E-state index in [0.717, 1.165) is 19.3 Å². The molecule has 0 aliphatic heterocycles. The van der Waals surface area contributed by atoms with Crippen molar-refractivity contribution < 1.29 is 8.42 Å². The Kier molecular flexibility index (Phi) is 5.62. The topological polar surface area (TPSA) is 46.2 Å². The van der Waals surface area contributed by atoms with Crippen molar-refractivity contribution in [3.63, 3.8) is 0 Å². The zero-order valence-corrected chi connectivity index (χ0v) is 15.0. The van der Waals surface area contributed by atoms with E-state index in [2.05, 4.69) is 32.4 Å². The van der Waals surface area contributed by atoms with E-state index in [0.29, 0.717) is 4.90 Å². The van der Waals surface area contributed by atoms with E-state index < -0.39 is 15.6 Å². The lowest BCUT2D eigenvalue weighted by Crippen LogP contribution is -2.45. The maximum absolute atomic E-state index is 12.5. The van der Waals surface area contributed by atoms with Gasteiger partial charge in [0.1, 0.15) is 0 Å². The molecule has 4 heteroatoms. The molecule has 1 rings (SSSR count). The molecule has 0 saturated heterocycles. The van der Waals surface area contributed by atoms with Gasteiger partial charge in [-0.05, 0) is 49.8 Å². The van der Waals surface area contributed by atoms with Crippen LogP contribution in [0.15, 0.2) is 29.2 Å². The third-order valence-electron chi connectivity index (χ3n) is 3.16. The molecule has 120 valence electrons. The Morgan fingerprint density at radius 1 is 1.00 bits per heavy atom. The van der Waals surface area contributed by atoms with Crippen LogP contribution < -0.4 is 4.72 Å². The second-order valence-corrected chi connectivity index (χ2v) is 9.30. The van der Waals surface area contributed by atoms with Gasteiger partial charge < -0.3 is 0 Å². The van der Waals surface area contributed by atoms with E-state index >= 15 is 0 Å². The lowest BCUT2D eigenvalue weighted by atomic mass is 9.82. The Morgan fingerprint density at radius 2 is 1.52 bits per heavy atom. The van der Waals surface area contributed by atoms with Crippen LogP contribution in [0.3, 0.4) is 0 Å². The van der Waals surface area contributed by atoms with Crippen molar-refractivity contribution >= 4 is 10.0 Å². The van der Waals surface area contributed by atoms with Crippen molar-refractivity contribution in [2.24, 2.45) is 5.41 Å². The first kappa shape index (κ1) is 18.2. The first-order chi connectivity index (χ1) is 9.45. The van der Waals surface area contributed by atoms with Gasteiger partial charge in [-0.3, -0.25) is 0 Å². The normalized spacial score (nSPS) is 13.4. The van der Waals surface area contributed by atoms with Crippen molar-refractivity contribution in [3.05, 3.63) is 29.8 Å². The van der Waals surface area contributed by atoms with Gasteiger partial charge in [0, 0.05) is 5.54 Å². The largest absolute Gasteiger partial charge is 0.241 e. The molecule has 3 nitrogen and oxygen atoms in total. The number of rotatable bonds is 6. The molecular weight excluding hydrogens is 282 g/mol. The number of aryl methyl sites for hydroxylation is 1. The highest BCUT2D eigenvalue weighted by Crippen LogP contribution is 2.28. The minimum absolute atomic E-state index is 0.0665. The van der Waals surface area contributed by atoms with E-state index in [1.807, 2.05) is 26.0 Å². The summed E-state index contributed by atoms with van der Waals surface area (Å²) in [6.07, 6.45) is 2.80. The fraction of sp³-hybridized carbons (Fsp3) is 0.647. The van der Waals surface area contributed by atoms with Gasteiger partial charge in [0.05, 0.1) is 4.90 Å². The highest BCUT2D eigenvalue weighted by atomic mass is 32.2. The molecule has 0 heterocycles. The van der Waals surface area contributed by atoms with E-state index in [4.69, 9.17) is 0 Å². The molecule has 1 aromatic carbocycles. The third kappa shape index (κ3) is 6.18. The Bertz CT molecular complexity index is 551. The zero-order chi connectivity index (χ0) is 16.3. The van der Waals surface area contributed by atoms with Gasteiger partial charge in [0.15, 0.2) is 0 Å². The second-order valence-electron chi connectivity index (χ2n) is 7.62. The van der Waals surface area contributed by atoms with Crippen LogP contribution in [0.2, 0.25) is 0 Å². The summed E-state index contributed by atoms with van der Waals surface area (Å²) >= 11 is 0. The highest BCUT2D eigenvalue weighted by molar-refractivity contribution is 7.89. The smallest absolute Gasteiger partial charge is 0.207 e. The Hall–Kier alpha value is -0.870. The number of nitrogens with one attached hydrogen (secondary N) is 1. The molecule has 0 bridgehead atoms. The number of hydrogen-bond donors (Lipinski definition) is 1. The van der Waals surface area contributed by atoms with Crippen LogP contribution in [0, 0.1) is 5.41 Å². The van der Waals surface area contributed by atoms with Gasteiger partial charge in [-0.2, -0.15) is 0 Å². The quantitative estimate of drug-likeness (QED) is 0.858. The van der Waals surface area contributed by atoms with E-state index in [-0.39, 0.29) is 5.41 Å². The molecule has 0 atom stereocenters. The molecule has 0 saturated carbocycles. The Labute approximate surface area is 130 Å². The molecule has 0 aliphatic rings. The molecule has 0 fully saturated rings. The fourth-order valence-electron chi connectivity index (χ4n) is 2.91. The Morgan fingerprint density at radius 3 is 1.95 bits per heavy atom. The monoisotopic (exact) mass is 311 g/mol. The molecule has 0 spiro atoms. The summed E-state index contributed by atoms with van der Waals surface area (Å²) in [5, 5.41) is 0. The van der Waals surface area contributed by atoms with Crippen LogP contribution in [0.25, 0.3) is 0 Å². The minimum Gasteiger partial charge on any atom is -0.207 e. The maximum Gasteiger partial charge on any atom is 0.241 e. The number of hydrogen-bond acceptors (Lipinski definition) is 2. The summed E-state index contributed by atoms with van der Waals surface area (Å²) in [4.78, 5) is 0.337. The van der Waals surface area contributed by atoms with Crippen LogP contribution >= 0.6 is 0 Å². The van der Waals surface area contributed by atoms with Gasteiger partial charge in [0.2, 0.25) is 10.0 Å². The van der Waals surface area contributed by atoms with Crippen LogP contribution in [0.5, 0.6) is 0 Å². The van der Waals surface area contributed by atoms with Crippen molar-refractivity contribution in [3.8, 4) is 0 Å². The van der Waals surface area contributed by atoms with E-state index in [1.54, 1.807) is 12.1 Å². The standard InChI is InChI=1S/C17H29NO2S/c1-7-8-14-9-11-15(12-10-14)21(19,20)18-17(5,6)13-16(2,3)4/h9-12,18H,7-8,13H2,1-6H3. The van der Waals surface area contributed by atoms with E-state index in [9.17, 15) is 8.42 Å². The van der Waals surface area contributed by atoms with Crippen LogP contribution in [-0.2, 0) is 16.4 Å². The summed E-state index contributed by atoms with van der Waals surface area (Å²) in [6.45, 7) is 12.3. The average molecular weight is 311 g/mol. The predicted octanol–water partition coefficient (Wildman–Crippen LogP) is 4.13. The lowest BCUT2D eigenvalue weighted by Gasteiger charge is -2.33. The summed E-state index contributed by atoms with van der Waals surface area (Å²) in [5.41, 5.74) is 0.765.